The summed E-state index contributed by atoms with van der Waals surface area (Å²) in [6.45, 7) is 9.87. The molecule has 2 fully saturated rings. The molecule has 6 nitrogen and oxygen atoms in total. The molecular formula is C35H39ClN2O4. The minimum absolute atomic E-state index is 0.309. The number of hydrogen-bond acceptors (Lipinski definition) is 5. The number of rotatable bonds is 11. The van der Waals surface area contributed by atoms with Crippen molar-refractivity contribution in [1.29, 1.82) is 0 Å². The number of aromatic nitrogens is 1. The van der Waals surface area contributed by atoms with Gasteiger partial charge in [0.1, 0.15) is 17.2 Å². The van der Waals surface area contributed by atoms with Crippen molar-refractivity contribution in [2.75, 3.05) is 25.1 Å². The van der Waals surface area contributed by atoms with Gasteiger partial charge in [0.05, 0.1) is 23.3 Å². The van der Waals surface area contributed by atoms with Gasteiger partial charge in [0, 0.05) is 30.3 Å². The Balaban J connectivity index is 1.29. The highest BCUT2D eigenvalue weighted by Gasteiger charge is 2.33. The van der Waals surface area contributed by atoms with E-state index in [1.807, 2.05) is 37.3 Å². The van der Waals surface area contributed by atoms with Crippen LogP contribution in [0.3, 0.4) is 0 Å². The van der Waals surface area contributed by atoms with Crippen molar-refractivity contribution in [1.82, 2.24) is 5.16 Å². The standard InChI is InChI=1S/C35H39ClN2O4/c1-5-22(3)29-21-25(15-16-27(29)26(6-2)35(39)40)38-19-17-23(18-20-38)9-7-10-28-33(37-42-34(28)24-13-14-24)32-30(36)11-8-12-31(32)41-4/h6,8-9,11-12,15-16,21,24H,3,5,7,10,13-14,17-20H2,1-2,4H3,(H,39,40)/b26-6+. The fourth-order valence-corrected chi connectivity index (χ4v) is 6.10. The molecule has 1 saturated heterocycles. The summed E-state index contributed by atoms with van der Waals surface area (Å²) in [4.78, 5) is 14.2. The maximum atomic E-state index is 11.8. The lowest BCUT2D eigenvalue weighted by atomic mass is 9.92. The molecule has 5 rings (SSSR count). The Bertz CT molecular complexity index is 1540. The number of anilines is 1. The molecular weight excluding hydrogens is 548 g/mol. The third-order valence-corrected chi connectivity index (χ3v) is 8.73. The van der Waals surface area contributed by atoms with Gasteiger partial charge >= 0.3 is 5.97 Å². The maximum absolute atomic E-state index is 11.8. The van der Waals surface area contributed by atoms with Crippen LogP contribution in [0.25, 0.3) is 22.4 Å². The molecule has 42 heavy (non-hydrogen) atoms. The Labute approximate surface area is 253 Å². The number of methoxy groups -OCH3 is 1. The fraction of sp³-hybridized carbons (Fsp3) is 0.371. The lowest BCUT2D eigenvalue weighted by Crippen LogP contribution is -2.30. The number of halogens is 1. The van der Waals surface area contributed by atoms with Crippen molar-refractivity contribution in [3.8, 4) is 17.0 Å². The summed E-state index contributed by atoms with van der Waals surface area (Å²) in [6.07, 6.45) is 10.8. The third kappa shape index (κ3) is 6.19. The second kappa shape index (κ2) is 13.0. The van der Waals surface area contributed by atoms with Crippen LogP contribution < -0.4 is 9.64 Å². The summed E-state index contributed by atoms with van der Waals surface area (Å²) < 4.78 is 11.5. The molecule has 0 atom stereocenters. The van der Waals surface area contributed by atoms with Gasteiger partial charge in [0.15, 0.2) is 0 Å². The molecule has 0 radical (unpaired) electrons. The highest BCUT2D eigenvalue weighted by atomic mass is 35.5. The molecule has 1 saturated carbocycles. The van der Waals surface area contributed by atoms with E-state index in [1.165, 1.54) is 5.57 Å². The second-order valence-electron chi connectivity index (χ2n) is 11.0. The van der Waals surface area contributed by atoms with Crippen LogP contribution in [0, 0.1) is 0 Å². The lowest BCUT2D eigenvalue weighted by Gasteiger charge is -2.31. The monoisotopic (exact) mass is 586 g/mol. The summed E-state index contributed by atoms with van der Waals surface area (Å²) in [6, 6.07) is 11.7. The molecule has 2 aromatic carbocycles. The van der Waals surface area contributed by atoms with Gasteiger partial charge in [-0.15, -0.1) is 0 Å². The van der Waals surface area contributed by atoms with E-state index in [1.54, 1.807) is 20.1 Å². The van der Waals surface area contributed by atoms with Gasteiger partial charge in [-0.25, -0.2) is 4.79 Å². The van der Waals surface area contributed by atoms with Gasteiger partial charge in [-0.05, 0) is 92.8 Å². The summed E-state index contributed by atoms with van der Waals surface area (Å²) in [5, 5.41) is 14.8. The molecule has 1 N–H and O–H groups in total. The first kappa shape index (κ1) is 29.7. The second-order valence-corrected chi connectivity index (χ2v) is 11.5. The zero-order valence-electron chi connectivity index (χ0n) is 24.7. The van der Waals surface area contributed by atoms with Crippen molar-refractivity contribution in [3.63, 3.8) is 0 Å². The topological polar surface area (TPSA) is 75.8 Å². The van der Waals surface area contributed by atoms with Gasteiger partial charge in [-0.2, -0.15) is 0 Å². The van der Waals surface area contributed by atoms with Crippen molar-refractivity contribution >= 4 is 34.4 Å². The molecule has 0 bridgehead atoms. The Kier molecular flexibility index (Phi) is 9.22. The van der Waals surface area contributed by atoms with E-state index in [2.05, 4.69) is 28.8 Å². The molecule has 2 heterocycles. The molecule has 1 aliphatic heterocycles. The minimum Gasteiger partial charge on any atom is -0.496 e. The molecule has 0 unspecified atom stereocenters. The van der Waals surface area contributed by atoms with E-state index in [0.717, 1.165) is 103 Å². The van der Waals surface area contributed by atoms with E-state index in [4.69, 9.17) is 20.9 Å². The molecule has 7 heteroatoms. The number of aliphatic carboxylic acids is 1. The first-order valence-electron chi connectivity index (χ1n) is 14.8. The smallest absolute Gasteiger partial charge is 0.335 e. The van der Waals surface area contributed by atoms with E-state index in [-0.39, 0.29) is 0 Å². The summed E-state index contributed by atoms with van der Waals surface area (Å²) in [5.74, 6) is 1.23. The van der Waals surface area contributed by atoms with Crippen LogP contribution in [0.15, 0.2) is 65.2 Å². The Morgan fingerprint density at radius 2 is 1.98 bits per heavy atom. The first-order chi connectivity index (χ1) is 20.4. The number of allylic oxidation sites excluding steroid dienone is 3. The van der Waals surface area contributed by atoms with Crippen molar-refractivity contribution in [3.05, 3.63) is 88.2 Å². The van der Waals surface area contributed by atoms with Gasteiger partial charge in [0.2, 0.25) is 0 Å². The molecule has 2 aliphatic rings. The predicted molar refractivity (Wildman–Crippen MR) is 170 cm³/mol. The Hall–Kier alpha value is -3.77. The van der Waals surface area contributed by atoms with Crippen LogP contribution in [-0.4, -0.2) is 36.4 Å². The summed E-state index contributed by atoms with van der Waals surface area (Å²) in [7, 11) is 1.65. The molecule has 1 aliphatic carbocycles. The zero-order chi connectivity index (χ0) is 29.8. The SMILES string of the molecule is C=C(CC)c1cc(N2CCC(=CCCc3c(-c4c(Cl)cccc4OC)noc3C3CC3)CC2)ccc1/C(=C\C)C(=O)O. The van der Waals surface area contributed by atoms with Crippen LogP contribution in [0.4, 0.5) is 5.69 Å². The summed E-state index contributed by atoms with van der Waals surface area (Å²) >= 11 is 6.61. The molecule has 0 amide bonds. The van der Waals surface area contributed by atoms with E-state index >= 15 is 0 Å². The molecule has 1 aromatic heterocycles. The van der Waals surface area contributed by atoms with E-state index < -0.39 is 5.97 Å². The first-order valence-corrected chi connectivity index (χ1v) is 15.2. The lowest BCUT2D eigenvalue weighted by molar-refractivity contribution is -0.130. The number of carboxylic acid groups (broad SMARTS) is 1. The Morgan fingerprint density at radius 3 is 2.62 bits per heavy atom. The van der Waals surface area contributed by atoms with Crippen LogP contribution in [0.2, 0.25) is 5.02 Å². The average molecular weight is 587 g/mol. The van der Waals surface area contributed by atoms with Crippen LogP contribution in [0.1, 0.15) is 80.7 Å². The van der Waals surface area contributed by atoms with E-state index in [0.29, 0.717) is 22.3 Å². The van der Waals surface area contributed by atoms with Crippen molar-refractivity contribution in [2.24, 2.45) is 0 Å². The predicted octanol–water partition coefficient (Wildman–Crippen LogP) is 8.95. The summed E-state index contributed by atoms with van der Waals surface area (Å²) in [5.41, 5.74) is 8.21. The number of nitrogens with zero attached hydrogens (tertiary/aromatic N) is 2. The van der Waals surface area contributed by atoms with Crippen LogP contribution in [0.5, 0.6) is 5.75 Å². The van der Waals surface area contributed by atoms with Crippen LogP contribution in [-0.2, 0) is 11.2 Å². The normalized spacial score (nSPS) is 15.6. The number of benzene rings is 2. The van der Waals surface area contributed by atoms with Crippen molar-refractivity contribution < 1.29 is 19.2 Å². The van der Waals surface area contributed by atoms with Gasteiger partial charge < -0.3 is 19.3 Å². The van der Waals surface area contributed by atoms with Gasteiger partial charge in [0.25, 0.3) is 0 Å². The Morgan fingerprint density at radius 1 is 1.21 bits per heavy atom. The van der Waals surface area contributed by atoms with Crippen molar-refractivity contribution in [2.45, 2.75) is 64.7 Å². The molecule has 0 spiro atoms. The highest BCUT2D eigenvalue weighted by Crippen LogP contribution is 2.46. The number of ether oxygens (including phenoxy) is 1. The number of carboxylic acids is 1. The maximum Gasteiger partial charge on any atom is 0.335 e. The quantitative estimate of drug-likeness (QED) is 0.178. The number of piperidine rings is 1. The van der Waals surface area contributed by atoms with Crippen LogP contribution >= 0.6 is 11.6 Å². The third-order valence-electron chi connectivity index (χ3n) is 8.42. The van der Waals surface area contributed by atoms with Gasteiger partial charge in [-0.3, -0.25) is 0 Å². The number of hydrogen-bond donors (Lipinski definition) is 1. The minimum atomic E-state index is -0.920. The zero-order valence-corrected chi connectivity index (χ0v) is 25.5. The largest absolute Gasteiger partial charge is 0.496 e. The number of carbonyl (C=O) groups is 1. The van der Waals surface area contributed by atoms with Gasteiger partial charge in [-0.1, -0.05) is 60.1 Å². The average Bonchev–Trinajstić information content (AvgIpc) is 3.77. The highest BCUT2D eigenvalue weighted by molar-refractivity contribution is 6.33. The molecule has 3 aromatic rings. The fourth-order valence-electron chi connectivity index (χ4n) is 5.85. The molecule has 220 valence electrons. The van der Waals surface area contributed by atoms with E-state index in [9.17, 15) is 9.90 Å².